The smallest absolute Gasteiger partial charge is 0.0702 e. The Hall–Kier alpha value is -0.160. The molecule has 2 N–H and O–H groups in total. The van der Waals surface area contributed by atoms with Gasteiger partial charge in [0, 0.05) is 37.8 Å². The molecule has 3 atom stereocenters. The number of rotatable bonds is 5. The van der Waals surface area contributed by atoms with Crippen molar-refractivity contribution in [2.45, 2.75) is 69.6 Å². The van der Waals surface area contributed by atoms with Crippen molar-refractivity contribution in [2.24, 2.45) is 5.73 Å². The first kappa shape index (κ1) is 15.7. The van der Waals surface area contributed by atoms with E-state index >= 15 is 0 Å². The third kappa shape index (κ3) is 3.29. The lowest BCUT2D eigenvalue weighted by Crippen LogP contribution is -2.63. The van der Waals surface area contributed by atoms with Crippen molar-refractivity contribution in [1.29, 1.82) is 0 Å². The van der Waals surface area contributed by atoms with Gasteiger partial charge < -0.3 is 15.4 Å². The van der Waals surface area contributed by atoms with Crippen LogP contribution in [0.5, 0.6) is 0 Å². The Kier molecular flexibility index (Phi) is 5.20. The van der Waals surface area contributed by atoms with Crippen LogP contribution in [0.15, 0.2) is 0 Å². The fourth-order valence-electron chi connectivity index (χ4n) is 4.70. The molecule has 0 amide bonds. The summed E-state index contributed by atoms with van der Waals surface area (Å²) in [7, 11) is 0. The van der Waals surface area contributed by atoms with Gasteiger partial charge in [0.05, 0.1) is 6.10 Å². The average molecular weight is 295 g/mol. The Labute approximate surface area is 130 Å². The molecule has 3 rings (SSSR count). The molecule has 3 heterocycles. The Morgan fingerprint density at radius 1 is 1.19 bits per heavy atom. The summed E-state index contributed by atoms with van der Waals surface area (Å²) in [6.07, 6.45) is 9.35. The van der Waals surface area contributed by atoms with E-state index in [1.807, 2.05) is 0 Å². The Morgan fingerprint density at radius 3 is 2.86 bits per heavy atom. The summed E-state index contributed by atoms with van der Waals surface area (Å²) < 4.78 is 6.04. The zero-order valence-electron chi connectivity index (χ0n) is 13.7. The first-order valence-corrected chi connectivity index (χ1v) is 9.08. The van der Waals surface area contributed by atoms with Gasteiger partial charge in [-0.05, 0) is 58.0 Å². The molecule has 0 aromatic heterocycles. The van der Waals surface area contributed by atoms with E-state index in [-0.39, 0.29) is 5.54 Å². The van der Waals surface area contributed by atoms with Crippen LogP contribution in [0.2, 0.25) is 0 Å². The lowest BCUT2D eigenvalue weighted by molar-refractivity contribution is -0.0597. The van der Waals surface area contributed by atoms with Crippen molar-refractivity contribution in [3.05, 3.63) is 0 Å². The third-order valence-electron chi connectivity index (χ3n) is 5.97. The Morgan fingerprint density at radius 2 is 2.05 bits per heavy atom. The highest BCUT2D eigenvalue weighted by atomic mass is 16.5. The van der Waals surface area contributed by atoms with Crippen LogP contribution in [0, 0.1) is 0 Å². The summed E-state index contributed by atoms with van der Waals surface area (Å²) >= 11 is 0. The normalized spacial score (nSPS) is 38.6. The van der Waals surface area contributed by atoms with E-state index in [1.165, 1.54) is 58.2 Å². The number of piperidine rings is 2. The molecule has 4 nitrogen and oxygen atoms in total. The van der Waals surface area contributed by atoms with Crippen molar-refractivity contribution in [3.8, 4) is 0 Å². The number of hydrogen-bond donors (Lipinski definition) is 1. The fourth-order valence-corrected chi connectivity index (χ4v) is 4.70. The first-order chi connectivity index (χ1) is 10.3. The fraction of sp³-hybridized carbons (Fsp3) is 1.00. The lowest BCUT2D eigenvalue weighted by atomic mass is 9.80. The van der Waals surface area contributed by atoms with Crippen molar-refractivity contribution in [3.63, 3.8) is 0 Å². The second-order valence-electron chi connectivity index (χ2n) is 7.30. The summed E-state index contributed by atoms with van der Waals surface area (Å²) in [5, 5.41) is 0. The predicted octanol–water partition coefficient (Wildman–Crippen LogP) is 1.83. The van der Waals surface area contributed by atoms with Crippen LogP contribution in [-0.2, 0) is 4.74 Å². The quantitative estimate of drug-likeness (QED) is 0.840. The molecule has 3 aliphatic heterocycles. The molecular formula is C17H33N3O. The van der Waals surface area contributed by atoms with E-state index in [9.17, 15) is 0 Å². The standard InChI is InChI=1S/C17H33N3O/c1-2-11-21-16-6-4-9-20(13-16)17(14-18)7-10-19-8-3-5-15(19)12-17/h15-16H,2-14,18H2,1H3. The Balaban J connectivity index is 1.64. The van der Waals surface area contributed by atoms with Gasteiger partial charge in [0.25, 0.3) is 0 Å². The lowest BCUT2D eigenvalue weighted by Gasteiger charge is -2.52. The van der Waals surface area contributed by atoms with Crippen LogP contribution in [0.4, 0.5) is 0 Å². The van der Waals surface area contributed by atoms with Gasteiger partial charge in [-0.3, -0.25) is 4.90 Å². The predicted molar refractivity (Wildman–Crippen MR) is 86.5 cm³/mol. The van der Waals surface area contributed by atoms with Crippen molar-refractivity contribution < 1.29 is 4.74 Å². The summed E-state index contributed by atoms with van der Waals surface area (Å²) in [6.45, 7) is 8.80. The number of fused-ring (bicyclic) bond motifs is 1. The molecule has 0 radical (unpaired) electrons. The summed E-state index contributed by atoms with van der Waals surface area (Å²) in [6, 6.07) is 0.791. The largest absolute Gasteiger partial charge is 0.377 e. The number of likely N-dealkylation sites (tertiary alicyclic amines) is 1. The number of nitrogens with two attached hydrogens (primary N) is 1. The summed E-state index contributed by atoms with van der Waals surface area (Å²) in [4.78, 5) is 5.40. The SMILES string of the molecule is CCCOC1CCCN(C2(CN)CCN3CCCC3C2)C1. The van der Waals surface area contributed by atoms with Gasteiger partial charge in [-0.25, -0.2) is 0 Å². The van der Waals surface area contributed by atoms with Crippen LogP contribution in [0.3, 0.4) is 0 Å². The van der Waals surface area contributed by atoms with E-state index in [4.69, 9.17) is 10.5 Å². The van der Waals surface area contributed by atoms with E-state index in [1.54, 1.807) is 0 Å². The molecule has 0 spiro atoms. The van der Waals surface area contributed by atoms with Gasteiger partial charge in [-0.1, -0.05) is 6.92 Å². The highest BCUT2D eigenvalue weighted by molar-refractivity contribution is 5.03. The molecule has 0 saturated carbocycles. The number of hydrogen-bond acceptors (Lipinski definition) is 4. The minimum absolute atomic E-state index is 0.250. The van der Waals surface area contributed by atoms with E-state index in [0.717, 1.165) is 32.2 Å². The zero-order chi connectivity index (χ0) is 14.7. The van der Waals surface area contributed by atoms with Crippen LogP contribution in [0.25, 0.3) is 0 Å². The van der Waals surface area contributed by atoms with Crippen LogP contribution in [-0.4, -0.2) is 66.8 Å². The number of nitrogens with zero attached hydrogens (tertiary/aromatic N) is 2. The molecule has 4 heteroatoms. The van der Waals surface area contributed by atoms with Crippen molar-refractivity contribution in [2.75, 3.05) is 39.3 Å². The van der Waals surface area contributed by atoms with Gasteiger partial charge in [-0.2, -0.15) is 0 Å². The average Bonchev–Trinajstić information content (AvgIpc) is 3.00. The van der Waals surface area contributed by atoms with Crippen molar-refractivity contribution >= 4 is 0 Å². The molecule has 3 unspecified atom stereocenters. The first-order valence-electron chi connectivity index (χ1n) is 9.08. The second kappa shape index (κ2) is 6.95. The molecular weight excluding hydrogens is 262 g/mol. The molecule has 0 aliphatic carbocycles. The van der Waals surface area contributed by atoms with Crippen LogP contribution in [0.1, 0.15) is 51.9 Å². The highest BCUT2D eigenvalue weighted by Gasteiger charge is 2.45. The molecule has 0 aromatic rings. The second-order valence-corrected chi connectivity index (χ2v) is 7.30. The van der Waals surface area contributed by atoms with E-state index in [2.05, 4.69) is 16.7 Å². The maximum absolute atomic E-state index is 6.30. The molecule has 122 valence electrons. The maximum atomic E-state index is 6.30. The molecule has 0 aromatic carbocycles. The summed E-state index contributed by atoms with van der Waals surface area (Å²) in [5.41, 5.74) is 6.55. The monoisotopic (exact) mass is 295 g/mol. The van der Waals surface area contributed by atoms with E-state index in [0.29, 0.717) is 6.10 Å². The molecule has 3 aliphatic rings. The molecule has 0 bridgehead atoms. The Bertz CT molecular complexity index is 338. The summed E-state index contributed by atoms with van der Waals surface area (Å²) in [5.74, 6) is 0. The van der Waals surface area contributed by atoms with Crippen molar-refractivity contribution in [1.82, 2.24) is 9.80 Å². The zero-order valence-corrected chi connectivity index (χ0v) is 13.7. The number of ether oxygens (including phenoxy) is 1. The van der Waals surface area contributed by atoms with Gasteiger partial charge in [0.2, 0.25) is 0 Å². The van der Waals surface area contributed by atoms with Gasteiger partial charge in [0.15, 0.2) is 0 Å². The highest BCUT2D eigenvalue weighted by Crippen LogP contribution is 2.37. The van der Waals surface area contributed by atoms with Gasteiger partial charge in [-0.15, -0.1) is 0 Å². The minimum atomic E-state index is 0.250. The molecule has 21 heavy (non-hydrogen) atoms. The molecule has 3 fully saturated rings. The third-order valence-corrected chi connectivity index (χ3v) is 5.97. The maximum Gasteiger partial charge on any atom is 0.0702 e. The van der Waals surface area contributed by atoms with Gasteiger partial charge >= 0.3 is 0 Å². The van der Waals surface area contributed by atoms with Crippen LogP contribution >= 0.6 is 0 Å². The van der Waals surface area contributed by atoms with E-state index < -0.39 is 0 Å². The molecule has 3 saturated heterocycles. The minimum Gasteiger partial charge on any atom is -0.377 e. The van der Waals surface area contributed by atoms with Crippen LogP contribution < -0.4 is 5.73 Å². The topological polar surface area (TPSA) is 41.7 Å². The van der Waals surface area contributed by atoms with Gasteiger partial charge in [0.1, 0.15) is 0 Å².